The molecular formula is C13H18N2O2. The summed E-state index contributed by atoms with van der Waals surface area (Å²) in [7, 11) is 1.61. The molecule has 1 aliphatic rings. The number of anilines is 2. The molecule has 4 heteroatoms. The Balaban J connectivity index is 2.22. The summed E-state index contributed by atoms with van der Waals surface area (Å²) in [6, 6.07) is 5.76. The molecule has 4 nitrogen and oxygen atoms in total. The van der Waals surface area contributed by atoms with Crippen LogP contribution in [-0.4, -0.2) is 26.2 Å². The summed E-state index contributed by atoms with van der Waals surface area (Å²) >= 11 is 0. The summed E-state index contributed by atoms with van der Waals surface area (Å²) in [5, 5.41) is 0. The molecule has 0 saturated carbocycles. The molecule has 2 rings (SSSR count). The largest absolute Gasteiger partial charge is 0.398 e. The first-order valence-electron chi connectivity index (χ1n) is 5.90. The molecule has 0 spiro atoms. The molecule has 0 fully saturated rings. The third-order valence-electron chi connectivity index (χ3n) is 3.11. The van der Waals surface area contributed by atoms with Crippen molar-refractivity contribution < 1.29 is 9.53 Å². The third kappa shape index (κ3) is 2.42. The average Bonchev–Trinajstić information content (AvgIpc) is 2.36. The number of nitrogen functional groups attached to an aromatic ring is 1. The van der Waals surface area contributed by atoms with Crippen LogP contribution in [0.5, 0.6) is 0 Å². The molecule has 1 heterocycles. The van der Waals surface area contributed by atoms with Gasteiger partial charge >= 0.3 is 0 Å². The SMILES string of the molecule is COCCC(=O)N1CCCc2c(N)cccc21. The van der Waals surface area contributed by atoms with Crippen molar-refractivity contribution in [2.45, 2.75) is 19.3 Å². The molecule has 92 valence electrons. The molecule has 1 aliphatic heterocycles. The monoisotopic (exact) mass is 234 g/mol. The summed E-state index contributed by atoms with van der Waals surface area (Å²) < 4.78 is 4.94. The fourth-order valence-electron chi connectivity index (χ4n) is 2.24. The maximum absolute atomic E-state index is 12.0. The summed E-state index contributed by atoms with van der Waals surface area (Å²) in [5.74, 6) is 0.110. The lowest BCUT2D eigenvalue weighted by Gasteiger charge is -2.30. The number of ether oxygens (including phenoxy) is 1. The van der Waals surface area contributed by atoms with Gasteiger partial charge in [0.05, 0.1) is 13.0 Å². The van der Waals surface area contributed by atoms with E-state index in [0.29, 0.717) is 13.0 Å². The van der Waals surface area contributed by atoms with Crippen LogP contribution >= 0.6 is 0 Å². The molecule has 1 aromatic carbocycles. The lowest BCUT2D eigenvalue weighted by Crippen LogP contribution is -2.36. The number of hydrogen-bond donors (Lipinski definition) is 1. The average molecular weight is 234 g/mol. The fraction of sp³-hybridized carbons (Fsp3) is 0.462. The van der Waals surface area contributed by atoms with Gasteiger partial charge in [0.25, 0.3) is 0 Å². The Kier molecular flexibility index (Phi) is 3.64. The molecule has 2 N–H and O–H groups in total. The number of amides is 1. The lowest BCUT2D eigenvalue weighted by molar-refractivity contribution is -0.119. The maximum atomic E-state index is 12.0. The lowest BCUT2D eigenvalue weighted by atomic mass is 9.99. The van der Waals surface area contributed by atoms with Crippen LogP contribution in [0.2, 0.25) is 0 Å². The molecule has 0 unspecified atom stereocenters. The summed E-state index contributed by atoms with van der Waals surface area (Å²) in [6.45, 7) is 1.24. The highest BCUT2D eigenvalue weighted by molar-refractivity contribution is 5.95. The maximum Gasteiger partial charge on any atom is 0.229 e. The molecular weight excluding hydrogens is 216 g/mol. The number of methoxy groups -OCH3 is 1. The van der Waals surface area contributed by atoms with Gasteiger partial charge in [-0.1, -0.05) is 6.07 Å². The van der Waals surface area contributed by atoms with E-state index in [0.717, 1.165) is 36.3 Å². The van der Waals surface area contributed by atoms with Gasteiger partial charge in [-0.05, 0) is 30.5 Å². The molecule has 0 aromatic heterocycles. The predicted molar refractivity (Wildman–Crippen MR) is 68.0 cm³/mol. The molecule has 1 aromatic rings. The van der Waals surface area contributed by atoms with E-state index >= 15 is 0 Å². The van der Waals surface area contributed by atoms with Crippen LogP contribution in [0.15, 0.2) is 18.2 Å². The van der Waals surface area contributed by atoms with Gasteiger partial charge in [-0.15, -0.1) is 0 Å². The van der Waals surface area contributed by atoms with Gasteiger partial charge in [-0.2, -0.15) is 0 Å². The minimum Gasteiger partial charge on any atom is -0.398 e. The van der Waals surface area contributed by atoms with Crippen LogP contribution in [0.1, 0.15) is 18.4 Å². The Morgan fingerprint density at radius 1 is 1.53 bits per heavy atom. The highest BCUT2D eigenvalue weighted by atomic mass is 16.5. The number of benzene rings is 1. The zero-order valence-electron chi connectivity index (χ0n) is 10.1. The third-order valence-corrected chi connectivity index (χ3v) is 3.11. The number of carbonyl (C=O) groups is 1. The number of nitrogens with two attached hydrogens (primary N) is 1. The molecule has 0 bridgehead atoms. The standard InChI is InChI=1S/C13H18N2O2/c1-17-9-7-13(16)15-8-3-4-10-11(14)5-2-6-12(10)15/h2,5-6H,3-4,7-9,14H2,1H3. The number of nitrogens with zero attached hydrogens (tertiary/aromatic N) is 1. The number of fused-ring (bicyclic) bond motifs is 1. The van der Waals surface area contributed by atoms with Crippen LogP contribution in [0.4, 0.5) is 11.4 Å². The highest BCUT2D eigenvalue weighted by Gasteiger charge is 2.23. The molecule has 0 atom stereocenters. The van der Waals surface area contributed by atoms with Gasteiger partial charge in [-0.3, -0.25) is 4.79 Å². The van der Waals surface area contributed by atoms with E-state index in [1.807, 2.05) is 23.1 Å². The second-order valence-corrected chi connectivity index (χ2v) is 4.24. The number of rotatable bonds is 3. The Labute approximate surface area is 101 Å². The van der Waals surface area contributed by atoms with Crippen LogP contribution in [0, 0.1) is 0 Å². The quantitative estimate of drug-likeness (QED) is 0.808. The van der Waals surface area contributed by atoms with Crippen molar-refractivity contribution in [1.82, 2.24) is 0 Å². The topological polar surface area (TPSA) is 55.6 Å². The van der Waals surface area contributed by atoms with E-state index < -0.39 is 0 Å². The normalized spacial score (nSPS) is 14.5. The van der Waals surface area contributed by atoms with Crippen LogP contribution < -0.4 is 10.6 Å². The zero-order valence-corrected chi connectivity index (χ0v) is 10.1. The van der Waals surface area contributed by atoms with Crippen molar-refractivity contribution >= 4 is 17.3 Å². The van der Waals surface area contributed by atoms with Crippen molar-refractivity contribution in [1.29, 1.82) is 0 Å². The first-order chi connectivity index (χ1) is 8.24. The molecule has 0 aliphatic carbocycles. The van der Waals surface area contributed by atoms with Crippen LogP contribution in [-0.2, 0) is 16.0 Å². The van der Waals surface area contributed by atoms with E-state index in [2.05, 4.69) is 0 Å². The number of hydrogen-bond acceptors (Lipinski definition) is 3. The zero-order chi connectivity index (χ0) is 12.3. The van der Waals surface area contributed by atoms with Crippen molar-refractivity contribution in [3.05, 3.63) is 23.8 Å². The van der Waals surface area contributed by atoms with Crippen molar-refractivity contribution in [2.75, 3.05) is 30.9 Å². The molecule has 0 saturated heterocycles. The summed E-state index contributed by atoms with van der Waals surface area (Å²) in [5.41, 5.74) is 8.80. The van der Waals surface area contributed by atoms with E-state index in [-0.39, 0.29) is 5.91 Å². The van der Waals surface area contributed by atoms with Crippen molar-refractivity contribution in [3.8, 4) is 0 Å². The van der Waals surface area contributed by atoms with Crippen LogP contribution in [0.25, 0.3) is 0 Å². The van der Waals surface area contributed by atoms with Gasteiger partial charge < -0.3 is 15.4 Å². The highest BCUT2D eigenvalue weighted by Crippen LogP contribution is 2.31. The van der Waals surface area contributed by atoms with Crippen LogP contribution in [0.3, 0.4) is 0 Å². The summed E-state index contributed by atoms with van der Waals surface area (Å²) in [4.78, 5) is 13.9. The predicted octanol–water partition coefficient (Wildman–Crippen LogP) is 1.58. The van der Waals surface area contributed by atoms with Gasteiger partial charge in [0.1, 0.15) is 0 Å². The van der Waals surface area contributed by atoms with Gasteiger partial charge in [-0.25, -0.2) is 0 Å². The second kappa shape index (κ2) is 5.19. The minimum atomic E-state index is 0.110. The van der Waals surface area contributed by atoms with E-state index in [1.54, 1.807) is 7.11 Å². The number of carbonyl (C=O) groups excluding carboxylic acids is 1. The molecule has 17 heavy (non-hydrogen) atoms. The Morgan fingerprint density at radius 2 is 2.35 bits per heavy atom. The van der Waals surface area contributed by atoms with E-state index in [4.69, 9.17) is 10.5 Å². The van der Waals surface area contributed by atoms with E-state index in [1.165, 1.54) is 0 Å². The second-order valence-electron chi connectivity index (χ2n) is 4.24. The first kappa shape index (κ1) is 11.9. The Bertz CT molecular complexity index is 418. The Hall–Kier alpha value is -1.55. The van der Waals surface area contributed by atoms with Gasteiger partial charge in [0, 0.05) is 25.0 Å². The first-order valence-corrected chi connectivity index (χ1v) is 5.90. The molecule has 0 radical (unpaired) electrons. The fourth-order valence-corrected chi connectivity index (χ4v) is 2.24. The van der Waals surface area contributed by atoms with Gasteiger partial charge in [0.2, 0.25) is 5.91 Å². The Morgan fingerprint density at radius 3 is 3.12 bits per heavy atom. The van der Waals surface area contributed by atoms with Gasteiger partial charge in [0.15, 0.2) is 0 Å². The smallest absolute Gasteiger partial charge is 0.229 e. The summed E-state index contributed by atoms with van der Waals surface area (Å²) in [6.07, 6.45) is 2.35. The van der Waals surface area contributed by atoms with Crippen molar-refractivity contribution in [3.63, 3.8) is 0 Å². The minimum absolute atomic E-state index is 0.110. The van der Waals surface area contributed by atoms with Crippen molar-refractivity contribution in [2.24, 2.45) is 0 Å². The molecule has 1 amide bonds. The van der Waals surface area contributed by atoms with E-state index in [9.17, 15) is 4.79 Å².